The Bertz CT molecular complexity index is 502. The molecule has 5 nitrogen and oxygen atoms in total. The number of unbranched alkanes of at least 4 members (excludes halogenated alkanes) is 1. The van der Waals surface area contributed by atoms with Crippen molar-refractivity contribution in [3.63, 3.8) is 0 Å². The van der Waals surface area contributed by atoms with Crippen molar-refractivity contribution in [2.75, 3.05) is 11.9 Å². The van der Waals surface area contributed by atoms with Crippen LogP contribution in [0.3, 0.4) is 0 Å². The topological polar surface area (TPSA) is 91.0 Å². The minimum atomic E-state index is -4.52. The fraction of sp³-hybridized carbons (Fsp3) is 0.385. The molecule has 1 aromatic rings. The summed E-state index contributed by atoms with van der Waals surface area (Å²) < 4.78 is 38.2. The quantitative estimate of drug-likeness (QED) is 0.369. The fourth-order valence-corrected chi connectivity index (χ4v) is 1.65. The number of nitrogens with two attached hydrogens (primary N) is 1. The number of halogens is 3. The Kier molecular flexibility index (Phi) is 6.01. The van der Waals surface area contributed by atoms with Gasteiger partial charge in [0.15, 0.2) is 0 Å². The molecule has 21 heavy (non-hydrogen) atoms. The van der Waals surface area contributed by atoms with Gasteiger partial charge in [0.2, 0.25) is 0 Å². The molecular formula is C13H17F3N4O. The van der Waals surface area contributed by atoms with Crippen molar-refractivity contribution in [3.05, 3.63) is 29.8 Å². The van der Waals surface area contributed by atoms with Gasteiger partial charge in [-0.2, -0.15) is 13.2 Å². The van der Waals surface area contributed by atoms with Crippen LogP contribution in [0.2, 0.25) is 0 Å². The highest BCUT2D eigenvalue weighted by molar-refractivity contribution is 5.90. The van der Waals surface area contributed by atoms with Crippen molar-refractivity contribution in [3.8, 4) is 0 Å². The van der Waals surface area contributed by atoms with Crippen molar-refractivity contribution in [1.29, 1.82) is 5.41 Å². The number of amides is 2. The standard InChI is InChI=1S/C13H17F3N4O/c14-13(15,16)9-5-1-2-6-10(9)20-12(21)19-8-4-3-7-11(17)18/h1-2,5-6H,3-4,7-8H2,(H3,17,18)(H2,19,20,21). The molecule has 0 saturated carbocycles. The van der Waals surface area contributed by atoms with Gasteiger partial charge in [-0.3, -0.25) is 5.41 Å². The van der Waals surface area contributed by atoms with Crippen molar-refractivity contribution in [2.45, 2.75) is 25.4 Å². The Labute approximate surface area is 120 Å². The minimum Gasteiger partial charge on any atom is -0.388 e. The molecule has 1 rings (SSSR count). The van der Waals surface area contributed by atoms with Gasteiger partial charge in [-0.25, -0.2) is 4.79 Å². The largest absolute Gasteiger partial charge is 0.418 e. The zero-order valence-electron chi connectivity index (χ0n) is 11.3. The van der Waals surface area contributed by atoms with Crippen molar-refractivity contribution >= 4 is 17.6 Å². The molecule has 0 unspecified atom stereocenters. The molecule has 5 N–H and O–H groups in total. The number of rotatable bonds is 6. The van der Waals surface area contributed by atoms with Crippen LogP contribution in [0, 0.1) is 5.41 Å². The highest BCUT2D eigenvalue weighted by Gasteiger charge is 2.33. The fourth-order valence-electron chi connectivity index (χ4n) is 1.65. The molecule has 0 aromatic heterocycles. The molecule has 0 saturated heterocycles. The van der Waals surface area contributed by atoms with Gasteiger partial charge in [0.05, 0.1) is 17.1 Å². The highest BCUT2D eigenvalue weighted by Crippen LogP contribution is 2.34. The summed E-state index contributed by atoms with van der Waals surface area (Å²) in [6.07, 6.45) is -2.87. The van der Waals surface area contributed by atoms with Crippen molar-refractivity contribution < 1.29 is 18.0 Å². The molecule has 1 aromatic carbocycles. The first-order valence-corrected chi connectivity index (χ1v) is 6.34. The van der Waals surface area contributed by atoms with Gasteiger partial charge in [0.25, 0.3) is 0 Å². The van der Waals surface area contributed by atoms with E-state index in [0.717, 1.165) is 6.07 Å². The summed E-state index contributed by atoms with van der Waals surface area (Å²) in [4.78, 5) is 11.5. The van der Waals surface area contributed by atoms with Gasteiger partial charge in [-0.05, 0) is 25.0 Å². The normalized spacial score (nSPS) is 11.0. The number of nitrogens with one attached hydrogen (secondary N) is 3. The average Bonchev–Trinajstić information content (AvgIpc) is 2.37. The third-order valence-corrected chi connectivity index (χ3v) is 2.64. The van der Waals surface area contributed by atoms with E-state index in [4.69, 9.17) is 11.1 Å². The summed E-state index contributed by atoms with van der Waals surface area (Å²) in [6.45, 7) is 0.299. The molecule has 2 amide bonds. The Morgan fingerprint density at radius 3 is 2.52 bits per heavy atom. The molecule has 0 bridgehead atoms. The molecule has 0 heterocycles. The Morgan fingerprint density at radius 2 is 1.90 bits per heavy atom. The number of para-hydroxylation sites is 1. The lowest BCUT2D eigenvalue weighted by Crippen LogP contribution is -2.30. The first-order chi connectivity index (χ1) is 9.80. The molecule has 0 spiro atoms. The van der Waals surface area contributed by atoms with Crippen LogP contribution in [0.1, 0.15) is 24.8 Å². The maximum absolute atomic E-state index is 12.7. The van der Waals surface area contributed by atoms with Crippen LogP contribution in [-0.4, -0.2) is 18.4 Å². The predicted octanol–water partition coefficient (Wildman–Crippen LogP) is 2.93. The lowest BCUT2D eigenvalue weighted by atomic mass is 10.1. The highest BCUT2D eigenvalue weighted by atomic mass is 19.4. The lowest BCUT2D eigenvalue weighted by molar-refractivity contribution is -0.136. The smallest absolute Gasteiger partial charge is 0.388 e. The molecular weight excluding hydrogens is 285 g/mol. The summed E-state index contributed by atoms with van der Waals surface area (Å²) in [7, 11) is 0. The molecule has 0 radical (unpaired) electrons. The number of urea groups is 1. The molecule has 8 heteroatoms. The third kappa shape index (κ3) is 6.15. The van der Waals surface area contributed by atoms with Crippen molar-refractivity contribution in [2.24, 2.45) is 5.73 Å². The van der Waals surface area contributed by atoms with E-state index in [1.807, 2.05) is 0 Å². The maximum atomic E-state index is 12.7. The van der Waals surface area contributed by atoms with Crippen LogP contribution in [-0.2, 0) is 6.18 Å². The second-order valence-electron chi connectivity index (χ2n) is 4.41. The molecule has 0 fully saturated rings. The number of anilines is 1. The Hall–Kier alpha value is -2.25. The van der Waals surface area contributed by atoms with Gasteiger partial charge < -0.3 is 16.4 Å². The van der Waals surface area contributed by atoms with Crippen molar-refractivity contribution in [1.82, 2.24) is 5.32 Å². The number of hydrogen-bond donors (Lipinski definition) is 4. The SMILES string of the molecule is N=C(N)CCCCNC(=O)Nc1ccccc1C(F)(F)F. The third-order valence-electron chi connectivity index (χ3n) is 2.64. The second-order valence-corrected chi connectivity index (χ2v) is 4.41. The summed E-state index contributed by atoms with van der Waals surface area (Å²) in [6, 6.07) is 4.07. The second kappa shape index (κ2) is 7.51. The number of carbonyl (C=O) groups excluding carboxylic acids is 1. The number of benzene rings is 1. The van der Waals surface area contributed by atoms with E-state index in [0.29, 0.717) is 25.8 Å². The predicted molar refractivity (Wildman–Crippen MR) is 74.2 cm³/mol. The molecule has 116 valence electrons. The number of carbonyl (C=O) groups is 1. The van der Waals surface area contributed by atoms with Crippen LogP contribution in [0.5, 0.6) is 0 Å². The van der Waals surface area contributed by atoms with E-state index in [2.05, 4.69) is 10.6 Å². The van der Waals surface area contributed by atoms with E-state index in [1.165, 1.54) is 18.2 Å². The van der Waals surface area contributed by atoms with Crippen LogP contribution < -0.4 is 16.4 Å². The summed E-state index contributed by atoms with van der Waals surface area (Å²) in [5.41, 5.74) is 3.99. The monoisotopic (exact) mass is 302 g/mol. The molecule has 0 atom stereocenters. The number of alkyl halides is 3. The van der Waals surface area contributed by atoms with Crippen LogP contribution in [0.4, 0.5) is 23.7 Å². The van der Waals surface area contributed by atoms with Crippen LogP contribution in [0.15, 0.2) is 24.3 Å². The van der Waals surface area contributed by atoms with E-state index in [-0.39, 0.29) is 11.5 Å². The van der Waals surface area contributed by atoms with Crippen LogP contribution in [0.25, 0.3) is 0 Å². The van der Waals surface area contributed by atoms with Gasteiger partial charge >= 0.3 is 12.2 Å². The Morgan fingerprint density at radius 1 is 1.24 bits per heavy atom. The summed E-state index contributed by atoms with van der Waals surface area (Å²) in [5, 5.41) is 11.7. The van der Waals surface area contributed by atoms with Gasteiger partial charge in [0.1, 0.15) is 0 Å². The van der Waals surface area contributed by atoms with E-state index in [9.17, 15) is 18.0 Å². The van der Waals surface area contributed by atoms with Gasteiger partial charge in [-0.15, -0.1) is 0 Å². The van der Waals surface area contributed by atoms with Gasteiger partial charge in [-0.1, -0.05) is 12.1 Å². The zero-order valence-corrected chi connectivity index (χ0v) is 11.3. The van der Waals surface area contributed by atoms with Crippen LogP contribution >= 0.6 is 0 Å². The Balaban J connectivity index is 2.47. The van der Waals surface area contributed by atoms with E-state index in [1.54, 1.807) is 0 Å². The summed E-state index contributed by atoms with van der Waals surface area (Å²) >= 11 is 0. The van der Waals surface area contributed by atoms with E-state index >= 15 is 0 Å². The number of hydrogen-bond acceptors (Lipinski definition) is 2. The molecule has 0 aliphatic heterocycles. The maximum Gasteiger partial charge on any atom is 0.418 e. The summed E-state index contributed by atoms with van der Waals surface area (Å²) in [5.74, 6) is 0.0681. The van der Waals surface area contributed by atoms with Gasteiger partial charge in [0, 0.05) is 13.0 Å². The molecule has 0 aliphatic rings. The average molecular weight is 302 g/mol. The minimum absolute atomic E-state index is 0.0681. The first-order valence-electron chi connectivity index (χ1n) is 6.34. The molecule has 0 aliphatic carbocycles. The number of amidine groups is 1. The lowest BCUT2D eigenvalue weighted by Gasteiger charge is -2.14. The first kappa shape index (κ1) is 16.8. The zero-order chi connectivity index (χ0) is 15.9. The van der Waals surface area contributed by atoms with E-state index < -0.39 is 17.8 Å².